The molecule has 5 nitrogen and oxygen atoms in total. The second-order valence-corrected chi connectivity index (χ2v) is 6.16. The van der Waals surface area contributed by atoms with E-state index in [2.05, 4.69) is 10.3 Å². The zero-order chi connectivity index (χ0) is 16.9. The van der Waals surface area contributed by atoms with Gasteiger partial charge in [-0.2, -0.15) is 0 Å². The number of aromatic nitrogens is 1. The van der Waals surface area contributed by atoms with E-state index in [1.54, 1.807) is 48.6 Å². The summed E-state index contributed by atoms with van der Waals surface area (Å²) in [5, 5.41) is 2.94. The molecule has 0 radical (unpaired) electrons. The van der Waals surface area contributed by atoms with Crippen LogP contribution in [0.1, 0.15) is 39.1 Å². The van der Waals surface area contributed by atoms with Gasteiger partial charge in [-0.15, -0.1) is 0 Å². The summed E-state index contributed by atoms with van der Waals surface area (Å²) >= 11 is 0. The van der Waals surface area contributed by atoms with Gasteiger partial charge in [0, 0.05) is 43.2 Å². The Labute approximate surface area is 141 Å². The number of nitrogens with one attached hydrogen (secondary N) is 1. The van der Waals surface area contributed by atoms with E-state index in [0.29, 0.717) is 23.7 Å². The lowest BCUT2D eigenvalue weighted by Gasteiger charge is -2.17. The standard InChI is InChI=1S/C19H21N3O2/c1-22(12-9-14-7-10-20-11-8-14)19(24)16-4-2-3-15(13-16)18(23)21-17-5-6-17/h2-4,7-8,10-11,13,17H,5-6,9,12H2,1H3,(H,21,23). The van der Waals surface area contributed by atoms with E-state index < -0.39 is 0 Å². The number of hydrogen-bond donors (Lipinski definition) is 1. The Bertz CT molecular complexity index is 726. The topological polar surface area (TPSA) is 62.3 Å². The molecule has 0 bridgehead atoms. The molecule has 3 rings (SSSR count). The summed E-state index contributed by atoms with van der Waals surface area (Å²) in [7, 11) is 1.78. The first-order valence-electron chi connectivity index (χ1n) is 8.19. The van der Waals surface area contributed by atoms with Gasteiger partial charge in [0.1, 0.15) is 0 Å². The van der Waals surface area contributed by atoms with Crippen LogP contribution in [0, 0.1) is 0 Å². The second kappa shape index (κ2) is 7.25. The minimum Gasteiger partial charge on any atom is -0.349 e. The summed E-state index contributed by atoms with van der Waals surface area (Å²) in [6, 6.07) is 11.1. The van der Waals surface area contributed by atoms with Gasteiger partial charge in [0.05, 0.1) is 0 Å². The Kier molecular flexibility index (Phi) is 4.89. The van der Waals surface area contributed by atoms with Crippen molar-refractivity contribution in [1.29, 1.82) is 0 Å². The highest BCUT2D eigenvalue weighted by atomic mass is 16.2. The van der Waals surface area contributed by atoms with Gasteiger partial charge in [-0.25, -0.2) is 0 Å². The Morgan fingerprint density at radius 1 is 1.17 bits per heavy atom. The summed E-state index contributed by atoms with van der Waals surface area (Å²) in [5.74, 6) is -0.184. The van der Waals surface area contributed by atoms with Crippen LogP contribution < -0.4 is 5.32 Å². The van der Waals surface area contributed by atoms with Crippen LogP contribution in [0.5, 0.6) is 0 Å². The first-order valence-corrected chi connectivity index (χ1v) is 8.19. The fourth-order valence-electron chi connectivity index (χ4n) is 2.46. The maximum absolute atomic E-state index is 12.6. The van der Waals surface area contributed by atoms with Crippen molar-refractivity contribution < 1.29 is 9.59 Å². The van der Waals surface area contributed by atoms with Crippen LogP contribution in [0.3, 0.4) is 0 Å². The number of hydrogen-bond acceptors (Lipinski definition) is 3. The highest BCUT2D eigenvalue weighted by Crippen LogP contribution is 2.19. The largest absolute Gasteiger partial charge is 0.349 e. The average molecular weight is 323 g/mol. The van der Waals surface area contributed by atoms with Crippen LogP contribution in [0.4, 0.5) is 0 Å². The molecule has 0 atom stereocenters. The number of likely N-dealkylation sites (N-methyl/N-ethyl adjacent to an activating group) is 1. The summed E-state index contributed by atoms with van der Waals surface area (Å²) < 4.78 is 0. The molecule has 1 aliphatic rings. The third-order valence-electron chi connectivity index (χ3n) is 4.12. The number of amides is 2. The van der Waals surface area contributed by atoms with Gasteiger partial charge < -0.3 is 10.2 Å². The molecule has 124 valence electrons. The minimum atomic E-state index is -0.105. The number of nitrogens with zero attached hydrogens (tertiary/aromatic N) is 2. The second-order valence-electron chi connectivity index (χ2n) is 6.16. The number of benzene rings is 1. The number of pyridine rings is 1. The molecule has 0 spiro atoms. The minimum absolute atomic E-state index is 0.0786. The SMILES string of the molecule is CN(CCc1ccncc1)C(=O)c1cccc(C(=O)NC2CC2)c1. The molecule has 1 saturated carbocycles. The molecule has 1 N–H and O–H groups in total. The van der Waals surface area contributed by atoms with E-state index in [1.165, 1.54) is 0 Å². The van der Waals surface area contributed by atoms with Crippen molar-refractivity contribution in [3.05, 3.63) is 65.5 Å². The normalized spacial score (nSPS) is 13.4. The maximum Gasteiger partial charge on any atom is 0.253 e. The Hall–Kier alpha value is -2.69. The van der Waals surface area contributed by atoms with Gasteiger partial charge in [-0.05, 0) is 55.2 Å². The van der Waals surface area contributed by atoms with Crippen molar-refractivity contribution in [1.82, 2.24) is 15.2 Å². The summed E-state index contributed by atoms with van der Waals surface area (Å²) in [6.07, 6.45) is 6.36. The van der Waals surface area contributed by atoms with Crippen molar-refractivity contribution in [2.45, 2.75) is 25.3 Å². The lowest BCUT2D eigenvalue weighted by molar-refractivity contribution is 0.0796. The van der Waals surface area contributed by atoms with Crippen LogP contribution in [-0.4, -0.2) is 41.3 Å². The third-order valence-corrected chi connectivity index (χ3v) is 4.12. The molecule has 0 unspecified atom stereocenters. The predicted molar refractivity (Wildman–Crippen MR) is 91.8 cm³/mol. The van der Waals surface area contributed by atoms with E-state index in [4.69, 9.17) is 0 Å². The van der Waals surface area contributed by atoms with Gasteiger partial charge in [0.15, 0.2) is 0 Å². The van der Waals surface area contributed by atoms with Gasteiger partial charge in [0.25, 0.3) is 11.8 Å². The molecule has 1 aromatic carbocycles. The molecule has 5 heteroatoms. The summed E-state index contributed by atoms with van der Waals surface area (Å²) in [5.41, 5.74) is 2.22. The van der Waals surface area contributed by atoms with Crippen molar-refractivity contribution in [3.8, 4) is 0 Å². The van der Waals surface area contributed by atoms with Crippen molar-refractivity contribution in [3.63, 3.8) is 0 Å². The Morgan fingerprint density at radius 2 is 1.88 bits per heavy atom. The molecule has 1 aliphatic carbocycles. The summed E-state index contributed by atoms with van der Waals surface area (Å²) in [4.78, 5) is 30.3. The number of carbonyl (C=O) groups is 2. The van der Waals surface area contributed by atoms with Crippen LogP contribution in [-0.2, 0) is 6.42 Å². The lowest BCUT2D eigenvalue weighted by Crippen LogP contribution is -2.29. The zero-order valence-corrected chi connectivity index (χ0v) is 13.7. The molecular formula is C19H21N3O2. The monoisotopic (exact) mass is 323 g/mol. The number of carbonyl (C=O) groups excluding carboxylic acids is 2. The van der Waals surface area contributed by atoms with Gasteiger partial charge in [0.2, 0.25) is 0 Å². The smallest absolute Gasteiger partial charge is 0.253 e. The Balaban J connectivity index is 1.62. The molecule has 2 amide bonds. The molecular weight excluding hydrogens is 302 g/mol. The fourth-order valence-corrected chi connectivity index (χ4v) is 2.46. The highest BCUT2D eigenvalue weighted by Gasteiger charge is 2.24. The first kappa shape index (κ1) is 16.2. The third kappa shape index (κ3) is 4.19. The Morgan fingerprint density at radius 3 is 2.58 bits per heavy atom. The fraction of sp³-hybridized carbons (Fsp3) is 0.316. The van der Waals surface area contributed by atoms with E-state index in [9.17, 15) is 9.59 Å². The molecule has 24 heavy (non-hydrogen) atoms. The van der Waals surface area contributed by atoms with Crippen LogP contribution in [0.15, 0.2) is 48.8 Å². The molecule has 0 saturated heterocycles. The van der Waals surface area contributed by atoms with E-state index >= 15 is 0 Å². The lowest BCUT2D eigenvalue weighted by atomic mass is 10.1. The highest BCUT2D eigenvalue weighted by molar-refractivity contribution is 5.99. The first-order chi connectivity index (χ1) is 11.6. The van der Waals surface area contributed by atoms with Crippen molar-refractivity contribution >= 4 is 11.8 Å². The van der Waals surface area contributed by atoms with E-state index in [0.717, 1.165) is 24.8 Å². The predicted octanol–water partition coefficient (Wildman–Crippen LogP) is 2.29. The molecule has 1 aromatic heterocycles. The molecule has 0 aliphatic heterocycles. The molecule has 1 heterocycles. The molecule has 1 fully saturated rings. The quantitative estimate of drug-likeness (QED) is 0.887. The van der Waals surface area contributed by atoms with Crippen LogP contribution in [0.25, 0.3) is 0 Å². The summed E-state index contributed by atoms with van der Waals surface area (Å²) in [6.45, 7) is 0.612. The molecule has 2 aromatic rings. The van der Waals surface area contributed by atoms with Crippen LogP contribution in [0.2, 0.25) is 0 Å². The average Bonchev–Trinajstić information content (AvgIpc) is 3.44. The van der Waals surface area contributed by atoms with Gasteiger partial charge >= 0.3 is 0 Å². The maximum atomic E-state index is 12.6. The number of rotatable bonds is 6. The van der Waals surface area contributed by atoms with Crippen LogP contribution >= 0.6 is 0 Å². The zero-order valence-electron chi connectivity index (χ0n) is 13.7. The van der Waals surface area contributed by atoms with E-state index in [-0.39, 0.29) is 11.8 Å². The van der Waals surface area contributed by atoms with Gasteiger partial charge in [-0.1, -0.05) is 6.07 Å². The van der Waals surface area contributed by atoms with Crippen molar-refractivity contribution in [2.75, 3.05) is 13.6 Å². The van der Waals surface area contributed by atoms with Gasteiger partial charge in [-0.3, -0.25) is 14.6 Å². The van der Waals surface area contributed by atoms with E-state index in [1.807, 2.05) is 12.1 Å². The van der Waals surface area contributed by atoms with Crippen molar-refractivity contribution in [2.24, 2.45) is 0 Å².